The molecule has 2 heterocycles. The molecule has 1 aliphatic heterocycles. The van der Waals surface area contributed by atoms with Gasteiger partial charge in [0.25, 0.3) is 10.0 Å². The second-order valence-electron chi connectivity index (χ2n) is 4.96. The summed E-state index contributed by atoms with van der Waals surface area (Å²) in [6.45, 7) is 3.71. The fraction of sp³-hybridized carbons (Fsp3) is 0.357. The minimum atomic E-state index is -3.59. The Balaban J connectivity index is 1.97. The third kappa shape index (κ3) is 2.43. The van der Waals surface area contributed by atoms with Crippen molar-refractivity contribution in [2.45, 2.75) is 24.9 Å². The van der Waals surface area contributed by atoms with E-state index in [4.69, 9.17) is 0 Å². The molecule has 1 aromatic heterocycles. The van der Waals surface area contributed by atoms with Crippen molar-refractivity contribution in [1.82, 2.24) is 15.5 Å². The highest BCUT2D eigenvalue weighted by atomic mass is 32.2. The normalized spacial score (nSPS) is 14.4. The van der Waals surface area contributed by atoms with Crippen LogP contribution in [-0.4, -0.2) is 31.7 Å². The zero-order valence-electron chi connectivity index (χ0n) is 11.8. The number of H-pyrrole nitrogens is 1. The Kier molecular flexibility index (Phi) is 3.69. The van der Waals surface area contributed by atoms with Crippen molar-refractivity contribution in [3.8, 4) is 0 Å². The third-order valence-corrected chi connectivity index (χ3v) is 5.47. The SMILES string of the molecule is CCNCc1cn[nH]c1S(=O)(=O)N1CCc2ccccc21. The standard InChI is InChI=1S/C14H18N4O2S/c1-2-15-9-12-10-16-17-14(12)21(19,20)18-8-7-11-5-3-4-6-13(11)18/h3-6,10,15H,2,7-9H2,1H3,(H,16,17). The van der Waals surface area contributed by atoms with E-state index in [2.05, 4.69) is 15.5 Å². The molecule has 6 nitrogen and oxygen atoms in total. The zero-order chi connectivity index (χ0) is 14.9. The van der Waals surface area contributed by atoms with Gasteiger partial charge >= 0.3 is 0 Å². The van der Waals surface area contributed by atoms with Gasteiger partial charge in [-0.25, -0.2) is 0 Å². The Morgan fingerprint density at radius 1 is 1.38 bits per heavy atom. The lowest BCUT2D eigenvalue weighted by Gasteiger charge is -2.19. The number of sulfonamides is 1. The van der Waals surface area contributed by atoms with Crippen LogP contribution in [0.2, 0.25) is 0 Å². The predicted molar refractivity (Wildman–Crippen MR) is 80.6 cm³/mol. The van der Waals surface area contributed by atoms with Crippen molar-refractivity contribution in [2.24, 2.45) is 0 Å². The van der Waals surface area contributed by atoms with Gasteiger partial charge in [-0.05, 0) is 24.6 Å². The number of nitrogens with zero attached hydrogens (tertiary/aromatic N) is 2. The number of hydrogen-bond acceptors (Lipinski definition) is 4. The van der Waals surface area contributed by atoms with Gasteiger partial charge in [-0.15, -0.1) is 0 Å². The summed E-state index contributed by atoms with van der Waals surface area (Å²) in [5.41, 5.74) is 2.50. The lowest BCUT2D eigenvalue weighted by molar-refractivity contribution is 0.585. The van der Waals surface area contributed by atoms with E-state index in [1.165, 1.54) is 4.31 Å². The van der Waals surface area contributed by atoms with Crippen molar-refractivity contribution >= 4 is 15.7 Å². The monoisotopic (exact) mass is 306 g/mol. The topological polar surface area (TPSA) is 78.1 Å². The lowest BCUT2D eigenvalue weighted by atomic mass is 10.2. The molecule has 21 heavy (non-hydrogen) atoms. The minimum Gasteiger partial charge on any atom is -0.313 e. The highest BCUT2D eigenvalue weighted by Gasteiger charge is 2.33. The number of aromatic amines is 1. The van der Waals surface area contributed by atoms with Crippen LogP contribution in [0.15, 0.2) is 35.5 Å². The lowest BCUT2D eigenvalue weighted by Crippen LogP contribution is -2.30. The molecule has 0 radical (unpaired) electrons. The predicted octanol–water partition coefficient (Wildman–Crippen LogP) is 1.27. The maximum atomic E-state index is 12.9. The Labute approximate surface area is 124 Å². The van der Waals surface area contributed by atoms with Crippen molar-refractivity contribution in [1.29, 1.82) is 0 Å². The molecule has 0 aliphatic carbocycles. The second-order valence-corrected chi connectivity index (χ2v) is 6.76. The molecule has 0 bridgehead atoms. The maximum Gasteiger partial charge on any atom is 0.281 e. The largest absolute Gasteiger partial charge is 0.313 e. The summed E-state index contributed by atoms with van der Waals surface area (Å²) in [5, 5.41) is 9.85. The molecule has 112 valence electrons. The van der Waals surface area contributed by atoms with Gasteiger partial charge in [0, 0.05) is 18.7 Å². The maximum absolute atomic E-state index is 12.9. The van der Waals surface area contributed by atoms with Crippen LogP contribution in [0.1, 0.15) is 18.1 Å². The van der Waals surface area contributed by atoms with Crippen molar-refractivity contribution in [3.05, 3.63) is 41.6 Å². The van der Waals surface area contributed by atoms with Crippen LogP contribution in [-0.2, 0) is 23.0 Å². The number of fused-ring (bicyclic) bond motifs is 1. The average molecular weight is 306 g/mol. The Bertz CT molecular complexity index is 739. The Morgan fingerprint density at radius 3 is 3.00 bits per heavy atom. The molecular formula is C14H18N4O2S. The number of benzene rings is 1. The minimum absolute atomic E-state index is 0.181. The first-order valence-electron chi connectivity index (χ1n) is 6.98. The van der Waals surface area contributed by atoms with E-state index in [9.17, 15) is 8.42 Å². The van der Waals surface area contributed by atoms with E-state index in [0.29, 0.717) is 18.7 Å². The molecule has 7 heteroatoms. The summed E-state index contributed by atoms with van der Waals surface area (Å²) in [6, 6.07) is 7.61. The number of para-hydroxylation sites is 1. The average Bonchev–Trinajstić information content (AvgIpc) is 3.12. The van der Waals surface area contributed by atoms with Gasteiger partial charge < -0.3 is 5.32 Å². The van der Waals surface area contributed by atoms with Gasteiger partial charge in [0.1, 0.15) is 0 Å². The van der Waals surface area contributed by atoms with E-state index in [1.54, 1.807) is 6.20 Å². The fourth-order valence-corrected chi connectivity index (χ4v) is 4.19. The number of hydrogen-bond donors (Lipinski definition) is 2. The Morgan fingerprint density at radius 2 is 2.19 bits per heavy atom. The van der Waals surface area contributed by atoms with Crippen LogP contribution < -0.4 is 9.62 Å². The summed E-state index contributed by atoms with van der Waals surface area (Å²) in [5.74, 6) is 0. The number of nitrogens with one attached hydrogen (secondary N) is 2. The van der Waals surface area contributed by atoms with Gasteiger partial charge in [-0.1, -0.05) is 25.1 Å². The number of anilines is 1. The van der Waals surface area contributed by atoms with Gasteiger partial charge in [0.15, 0.2) is 5.03 Å². The molecule has 0 unspecified atom stereocenters. The molecule has 0 spiro atoms. The highest BCUT2D eigenvalue weighted by molar-refractivity contribution is 7.92. The summed E-state index contributed by atoms with van der Waals surface area (Å²) < 4.78 is 27.2. The van der Waals surface area contributed by atoms with Crippen LogP contribution in [0, 0.1) is 0 Å². The van der Waals surface area contributed by atoms with Gasteiger partial charge in [-0.2, -0.15) is 13.5 Å². The van der Waals surface area contributed by atoms with Crippen LogP contribution in [0.4, 0.5) is 5.69 Å². The molecule has 0 saturated heterocycles. The number of rotatable bonds is 5. The summed E-state index contributed by atoms with van der Waals surface area (Å²) in [6.07, 6.45) is 2.31. The summed E-state index contributed by atoms with van der Waals surface area (Å²) >= 11 is 0. The van der Waals surface area contributed by atoms with Crippen molar-refractivity contribution in [2.75, 3.05) is 17.4 Å². The smallest absolute Gasteiger partial charge is 0.281 e. The van der Waals surface area contributed by atoms with Gasteiger partial charge in [0.2, 0.25) is 0 Å². The van der Waals surface area contributed by atoms with Crippen LogP contribution in [0.25, 0.3) is 0 Å². The molecule has 0 saturated carbocycles. The first-order chi connectivity index (χ1) is 10.1. The molecular weight excluding hydrogens is 288 g/mol. The molecule has 2 N–H and O–H groups in total. The molecule has 1 aromatic carbocycles. The fourth-order valence-electron chi connectivity index (χ4n) is 2.58. The molecule has 0 fully saturated rings. The molecule has 2 aromatic rings. The van der Waals surface area contributed by atoms with E-state index in [1.807, 2.05) is 31.2 Å². The highest BCUT2D eigenvalue weighted by Crippen LogP contribution is 2.32. The second kappa shape index (κ2) is 5.50. The molecule has 1 aliphatic rings. The summed E-state index contributed by atoms with van der Waals surface area (Å²) in [7, 11) is -3.59. The molecule has 3 rings (SSSR count). The van der Waals surface area contributed by atoms with E-state index < -0.39 is 10.0 Å². The molecule has 0 atom stereocenters. The quantitative estimate of drug-likeness (QED) is 0.872. The van der Waals surface area contributed by atoms with E-state index in [-0.39, 0.29) is 5.03 Å². The van der Waals surface area contributed by atoms with Gasteiger partial charge in [0.05, 0.1) is 11.9 Å². The van der Waals surface area contributed by atoms with E-state index >= 15 is 0 Å². The first kappa shape index (κ1) is 14.1. The molecule has 0 amide bonds. The van der Waals surface area contributed by atoms with E-state index in [0.717, 1.165) is 24.2 Å². The summed E-state index contributed by atoms with van der Waals surface area (Å²) in [4.78, 5) is 0. The van der Waals surface area contributed by atoms with Crippen LogP contribution in [0.5, 0.6) is 0 Å². The van der Waals surface area contributed by atoms with Crippen LogP contribution >= 0.6 is 0 Å². The van der Waals surface area contributed by atoms with Crippen molar-refractivity contribution < 1.29 is 8.42 Å². The van der Waals surface area contributed by atoms with Crippen molar-refractivity contribution in [3.63, 3.8) is 0 Å². The van der Waals surface area contributed by atoms with Gasteiger partial charge in [-0.3, -0.25) is 9.40 Å². The first-order valence-corrected chi connectivity index (χ1v) is 8.42. The van der Waals surface area contributed by atoms with Crippen LogP contribution in [0.3, 0.4) is 0 Å². The number of aromatic nitrogens is 2. The zero-order valence-corrected chi connectivity index (χ0v) is 12.7. The Hall–Kier alpha value is -1.86. The third-order valence-electron chi connectivity index (χ3n) is 3.64.